The number of benzene rings is 1. The van der Waals surface area contributed by atoms with Crippen LogP contribution in [0.1, 0.15) is 32.1 Å². The number of anilines is 1. The normalized spacial score (nSPS) is 21.1. The van der Waals surface area contributed by atoms with E-state index in [0.717, 1.165) is 38.8 Å². The highest BCUT2D eigenvalue weighted by Gasteiger charge is 2.31. The molecule has 2 fully saturated rings. The number of para-hydroxylation sites is 1. The van der Waals surface area contributed by atoms with E-state index in [1.165, 1.54) is 12.5 Å². The van der Waals surface area contributed by atoms with Crippen LogP contribution >= 0.6 is 0 Å². The second kappa shape index (κ2) is 9.26. The summed E-state index contributed by atoms with van der Waals surface area (Å²) in [5.41, 5.74) is 0.655. The molecule has 2 heterocycles. The van der Waals surface area contributed by atoms with Gasteiger partial charge in [0.15, 0.2) is 11.4 Å². The number of nitrogens with one attached hydrogen (secondary N) is 2. The van der Waals surface area contributed by atoms with Gasteiger partial charge in [-0.15, -0.1) is 0 Å². The van der Waals surface area contributed by atoms with Crippen LogP contribution in [0, 0.1) is 23.1 Å². The SMILES string of the molecule is N#CC(C(=O)OCC1CCCCC1)=C1Nc2c(F)cccc2N=C1N1CCNCC1. The Labute approximate surface area is 175 Å². The molecule has 7 nitrogen and oxygen atoms in total. The van der Waals surface area contributed by atoms with E-state index in [4.69, 9.17) is 4.74 Å². The molecule has 30 heavy (non-hydrogen) atoms. The van der Waals surface area contributed by atoms with Gasteiger partial charge >= 0.3 is 5.97 Å². The molecule has 1 saturated carbocycles. The second-order valence-corrected chi connectivity index (χ2v) is 7.90. The van der Waals surface area contributed by atoms with Gasteiger partial charge in [-0.05, 0) is 30.9 Å². The molecule has 0 bridgehead atoms. The quantitative estimate of drug-likeness (QED) is 0.451. The Hall–Kier alpha value is -2.92. The zero-order valence-electron chi connectivity index (χ0n) is 16.9. The Morgan fingerprint density at radius 1 is 1.27 bits per heavy atom. The van der Waals surface area contributed by atoms with Crippen LogP contribution < -0.4 is 10.6 Å². The second-order valence-electron chi connectivity index (χ2n) is 7.90. The van der Waals surface area contributed by atoms with Gasteiger partial charge in [0.1, 0.15) is 23.3 Å². The predicted molar refractivity (Wildman–Crippen MR) is 112 cm³/mol. The highest BCUT2D eigenvalue weighted by atomic mass is 19.1. The number of carbonyl (C=O) groups excluding carboxylic acids is 1. The number of hydrogen-bond donors (Lipinski definition) is 2. The molecule has 1 aromatic rings. The van der Waals surface area contributed by atoms with Crippen molar-refractivity contribution in [3.63, 3.8) is 0 Å². The average molecular weight is 411 g/mol. The summed E-state index contributed by atoms with van der Waals surface area (Å²) in [6, 6.07) is 6.59. The molecule has 1 aliphatic carbocycles. The number of rotatable bonds is 3. The molecule has 8 heteroatoms. The number of nitrogens with zero attached hydrogens (tertiary/aromatic N) is 3. The lowest BCUT2D eigenvalue weighted by Gasteiger charge is -2.34. The predicted octanol–water partition coefficient (Wildman–Crippen LogP) is 3.09. The molecule has 2 aliphatic heterocycles. The van der Waals surface area contributed by atoms with Crippen molar-refractivity contribution in [3.8, 4) is 6.07 Å². The van der Waals surface area contributed by atoms with Crippen LogP contribution in [0.5, 0.6) is 0 Å². The Bertz CT molecular complexity index is 909. The van der Waals surface area contributed by atoms with E-state index in [2.05, 4.69) is 15.6 Å². The molecule has 4 rings (SSSR count). The van der Waals surface area contributed by atoms with Crippen molar-refractivity contribution in [3.05, 3.63) is 35.3 Å². The van der Waals surface area contributed by atoms with Gasteiger partial charge < -0.3 is 20.3 Å². The van der Waals surface area contributed by atoms with Crippen LogP contribution in [0.25, 0.3) is 0 Å². The largest absolute Gasteiger partial charge is 0.461 e. The molecular weight excluding hydrogens is 385 g/mol. The fraction of sp³-hybridized carbons (Fsp3) is 0.500. The number of esters is 1. The summed E-state index contributed by atoms with van der Waals surface area (Å²) in [5, 5.41) is 16.0. The van der Waals surface area contributed by atoms with E-state index in [1.807, 2.05) is 11.0 Å². The third kappa shape index (κ3) is 4.31. The summed E-state index contributed by atoms with van der Waals surface area (Å²) in [4.78, 5) is 19.4. The Morgan fingerprint density at radius 2 is 2.03 bits per heavy atom. The summed E-state index contributed by atoms with van der Waals surface area (Å²) in [6.45, 7) is 3.17. The number of nitriles is 1. The zero-order chi connectivity index (χ0) is 20.9. The standard InChI is InChI=1S/C22H26FN5O2/c23-17-7-4-8-18-20(17)27-19(21(26-18)28-11-9-25-10-12-28)16(13-24)22(29)30-14-15-5-2-1-3-6-15/h4,7-8,15,25,27H,1-3,5-6,9-12,14H2. The van der Waals surface area contributed by atoms with Crippen molar-refractivity contribution >= 4 is 23.2 Å². The molecular formula is C22H26FN5O2. The molecule has 1 saturated heterocycles. The molecule has 0 unspecified atom stereocenters. The first-order chi connectivity index (χ1) is 14.7. The van der Waals surface area contributed by atoms with Gasteiger partial charge in [-0.2, -0.15) is 5.26 Å². The van der Waals surface area contributed by atoms with Crippen LogP contribution in [0.4, 0.5) is 15.8 Å². The van der Waals surface area contributed by atoms with Gasteiger partial charge in [-0.3, -0.25) is 0 Å². The van der Waals surface area contributed by atoms with Gasteiger partial charge in [0.25, 0.3) is 0 Å². The average Bonchev–Trinajstić information content (AvgIpc) is 2.79. The lowest BCUT2D eigenvalue weighted by molar-refractivity contribution is -0.140. The Balaban J connectivity index is 1.65. The summed E-state index contributed by atoms with van der Waals surface area (Å²) < 4.78 is 19.9. The third-order valence-corrected chi connectivity index (χ3v) is 5.85. The summed E-state index contributed by atoms with van der Waals surface area (Å²) in [7, 11) is 0. The third-order valence-electron chi connectivity index (χ3n) is 5.85. The number of amidine groups is 1. The molecule has 0 atom stereocenters. The number of fused-ring (bicyclic) bond motifs is 1. The molecule has 158 valence electrons. The van der Waals surface area contributed by atoms with Crippen molar-refractivity contribution in [2.24, 2.45) is 10.9 Å². The van der Waals surface area contributed by atoms with E-state index >= 15 is 0 Å². The lowest BCUT2D eigenvalue weighted by atomic mass is 9.90. The summed E-state index contributed by atoms with van der Waals surface area (Å²) >= 11 is 0. The molecule has 0 amide bonds. The van der Waals surface area contributed by atoms with Crippen molar-refractivity contribution in [2.45, 2.75) is 32.1 Å². The summed E-state index contributed by atoms with van der Waals surface area (Å²) in [6.07, 6.45) is 5.58. The molecule has 2 N–H and O–H groups in total. The van der Waals surface area contributed by atoms with E-state index in [-0.39, 0.29) is 17.0 Å². The van der Waals surface area contributed by atoms with Gasteiger partial charge in [0.2, 0.25) is 0 Å². The van der Waals surface area contributed by atoms with Crippen LogP contribution in [0.3, 0.4) is 0 Å². The fourth-order valence-electron chi connectivity index (χ4n) is 4.18. The van der Waals surface area contributed by atoms with E-state index in [0.29, 0.717) is 37.1 Å². The smallest absolute Gasteiger partial charge is 0.351 e. The first kappa shape index (κ1) is 20.4. The number of halogens is 1. The molecule has 0 spiro atoms. The monoisotopic (exact) mass is 411 g/mol. The fourth-order valence-corrected chi connectivity index (χ4v) is 4.18. The number of ether oxygens (including phenoxy) is 1. The zero-order valence-corrected chi connectivity index (χ0v) is 16.9. The maximum Gasteiger partial charge on any atom is 0.351 e. The molecule has 3 aliphatic rings. The van der Waals surface area contributed by atoms with Crippen LogP contribution in [0.2, 0.25) is 0 Å². The number of hydrogen-bond acceptors (Lipinski definition) is 7. The molecule has 0 aromatic heterocycles. The first-order valence-electron chi connectivity index (χ1n) is 10.6. The molecule has 1 aromatic carbocycles. The van der Waals surface area contributed by atoms with E-state index in [1.54, 1.807) is 12.1 Å². The Morgan fingerprint density at radius 3 is 2.77 bits per heavy atom. The van der Waals surface area contributed by atoms with Crippen molar-refractivity contribution in [2.75, 3.05) is 38.1 Å². The lowest BCUT2D eigenvalue weighted by Crippen LogP contribution is -2.48. The number of aliphatic imine (C=N–C) groups is 1. The summed E-state index contributed by atoms with van der Waals surface area (Å²) in [5.74, 6) is -0.360. The number of carbonyl (C=O) groups is 1. The first-order valence-corrected chi connectivity index (χ1v) is 10.6. The van der Waals surface area contributed by atoms with E-state index < -0.39 is 11.8 Å². The Kier molecular flexibility index (Phi) is 6.29. The van der Waals surface area contributed by atoms with Crippen molar-refractivity contribution in [1.82, 2.24) is 10.2 Å². The van der Waals surface area contributed by atoms with Crippen LogP contribution in [-0.4, -0.2) is 49.5 Å². The van der Waals surface area contributed by atoms with Crippen LogP contribution in [0.15, 0.2) is 34.5 Å². The molecule has 0 radical (unpaired) electrons. The maximum atomic E-state index is 14.4. The van der Waals surface area contributed by atoms with Crippen molar-refractivity contribution in [1.29, 1.82) is 5.26 Å². The van der Waals surface area contributed by atoms with Gasteiger partial charge in [0.05, 0.1) is 12.3 Å². The number of piperazine rings is 1. The topological polar surface area (TPSA) is 89.8 Å². The van der Waals surface area contributed by atoms with Gasteiger partial charge in [-0.1, -0.05) is 25.3 Å². The minimum Gasteiger partial charge on any atom is -0.461 e. The van der Waals surface area contributed by atoms with Crippen LogP contribution in [-0.2, 0) is 9.53 Å². The van der Waals surface area contributed by atoms with E-state index in [9.17, 15) is 14.4 Å². The van der Waals surface area contributed by atoms with Gasteiger partial charge in [-0.25, -0.2) is 14.2 Å². The van der Waals surface area contributed by atoms with Gasteiger partial charge in [0, 0.05) is 26.2 Å². The maximum absolute atomic E-state index is 14.4. The van der Waals surface area contributed by atoms with Crippen molar-refractivity contribution < 1.29 is 13.9 Å². The highest BCUT2D eigenvalue weighted by Crippen LogP contribution is 2.35. The minimum atomic E-state index is -0.687. The minimum absolute atomic E-state index is 0.166. The highest BCUT2D eigenvalue weighted by molar-refractivity contribution is 6.12.